The zero-order valence-corrected chi connectivity index (χ0v) is 8.89. The SMILES string of the molecule is CCOC(=O)c1ncsc1S(N)(=O)=O. The first-order valence-electron chi connectivity index (χ1n) is 3.60. The number of hydrogen-bond acceptors (Lipinski definition) is 6. The Hall–Kier alpha value is -0.990. The van der Waals surface area contributed by atoms with Crippen molar-refractivity contribution < 1.29 is 17.9 Å². The minimum Gasteiger partial charge on any atom is -0.461 e. The van der Waals surface area contributed by atoms with Gasteiger partial charge in [0.15, 0.2) is 9.90 Å². The first-order valence-corrected chi connectivity index (χ1v) is 6.02. The molecule has 0 radical (unpaired) electrons. The van der Waals surface area contributed by atoms with E-state index < -0.39 is 16.0 Å². The monoisotopic (exact) mass is 236 g/mol. The molecule has 0 atom stereocenters. The van der Waals surface area contributed by atoms with Gasteiger partial charge in [-0.05, 0) is 6.92 Å². The molecule has 0 fully saturated rings. The van der Waals surface area contributed by atoms with Crippen LogP contribution in [0.25, 0.3) is 0 Å². The van der Waals surface area contributed by atoms with Gasteiger partial charge in [0.05, 0.1) is 12.1 Å². The Labute approximate surface area is 84.8 Å². The lowest BCUT2D eigenvalue weighted by atomic mass is 10.5. The van der Waals surface area contributed by atoms with Crippen molar-refractivity contribution in [3.05, 3.63) is 11.2 Å². The molecule has 1 rings (SSSR count). The Morgan fingerprint density at radius 2 is 2.36 bits per heavy atom. The van der Waals surface area contributed by atoms with Gasteiger partial charge < -0.3 is 4.74 Å². The van der Waals surface area contributed by atoms with Crippen molar-refractivity contribution in [1.82, 2.24) is 4.98 Å². The van der Waals surface area contributed by atoms with Crippen LogP contribution in [0, 0.1) is 0 Å². The second-order valence-corrected chi connectivity index (χ2v) is 4.87. The fourth-order valence-corrected chi connectivity index (χ4v) is 2.35. The maximum Gasteiger partial charge on any atom is 0.359 e. The topological polar surface area (TPSA) is 99.3 Å². The number of hydrogen-bond donors (Lipinski definition) is 1. The first kappa shape index (κ1) is 11.1. The summed E-state index contributed by atoms with van der Waals surface area (Å²) in [4.78, 5) is 14.8. The standard InChI is InChI=1S/C6H8N2O4S2/c1-2-12-5(9)4-6(13-3-8-4)14(7,10)11/h3H,2H2,1H3,(H2,7,10,11). The van der Waals surface area contributed by atoms with E-state index in [1.807, 2.05) is 0 Å². The van der Waals surface area contributed by atoms with Crippen LogP contribution in [0.5, 0.6) is 0 Å². The molecule has 14 heavy (non-hydrogen) atoms. The van der Waals surface area contributed by atoms with Gasteiger partial charge in [-0.3, -0.25) is 0 Å². The number of esters is 1. The number of nitrogens with zero attached hydrogens (tertiary/aromatic N) is 1. The Morgan fingerprint density at radius 1 is 1.71 bits per heavy atom. The molecule has 8 heteroatoms. The van der Waals surface area contributed by atoms with Crippen LogP contribution in [0.3, 0.4) is 0 Å². The number of primary sulfonamides is 1. The van der Waals surface area contributed by atoms with Crippen molar-refractivity contribution in [3.63, 3.8) is 0 Å². The van der Waals surface area contributed by atoms with Gasteiger partial charge in [-0.15, -0.1) is 11.3 Å². The normalized spacial score (nSPS) is 11.3. The number of aromatic nitrogens is 1. The lowest BCUT2D eigenvalue weighted by Crippen LogP contribution is -2.16. The highest BCUT2D eigenvalue weighted by Gasteiger charge is 2.23. The van der Waals surface area contributed by atoms with Gasteiger partial charge in [-0.1, -0.05) is 0 Å². The van der Waals surface area contributed by atoms with Crippen molar-refractivity contribution in [3.8, 4) is 0 Å². The van der Waals surface area contributed by atoms with Crippen LogP contribution < -0.4 is 5.14 Å². The summed E-state index contributed by atoms with van der Waals surface area (Å²) in [5.41, 5.74) is 0.978. The average Bonchev–Trinajstić information content (AvgIpc) is 2.50. The van der Waals surface area contributed by atoms with Gasteiger partial charge >= 0.3 is 5.97 Å². The Balaban J connectivity index is 3.12. The van der Waals surface area contributed by atoms with Crippen molar-refractivity contribution >= 4 is 27.3 Å². The summed E-state index contributed by atoms with van der Waals surface area (Å²) >= 11 is 0.786. The third kappa shape index (κ3) is 2.28. The van der Waals surface area contributed by atoms with E-state index in [1.165, 1.54) is 5.51 Å². The molecule has 0 unspecified atom stereocenters. The van der Waals surface area contributed by atoms with E-state index in [9.17, 15) is 13.2 Å². The lowest BCUT2D eigenvalue weighted by Gasteiger charge is -1.99. The number of sulfonamides is 1. The van der Waals surface area contributed by atoms with Gasteiger partial charge in [-0.2, -0.15) is 0 Å². The second kappa shape index (κ2) is 4.03. The quantitative estimate of drug-likeness (QED) is 0.743. The van der Waals surface area contributed by atoms with Gasteiger partial charge in [0, 0.05) is 0 Å². The molecule has 0 aliphatic heterocycles. The number of carbonyl (C=O) groups is 1. The van der Waals surface area contributed by atoms with Crippen LogP contribution in [0.4, 0.5) is 0 Å². The number of carbonyl (C=O) groups excluding carboxylic acids is 1. The maximum atomic E-state index is 11.2. The number of ether oxygens (including phenoxy) is 1. The Bertz CT molecular complexity index is 436. The Morgan fingerprint density at radius 3 is 2.86 bits per heavy atom. The molecule has 0 bridgehead atoms. The third-order valence-corrected chi connectivity index (χ3v) is 3.58. The number of nitrogens with two attached hydrogens (primary N) is 1. The lowest BCUT2D eigenvalue weighted by molar-refractivity contribution is 0.0516. The van der Waals surface area contributed by atoms with Crippen molar-refractivity contribution in [2.45, 2.75) is 11.1 Å². The van der Waals surface area contributed by atoms with Gasteiger partial charge in [0.25, 0.3) is 0 Å². The van der Waals surface area contributed by atoms with Crippen molar-refractivity contribution in [1.29, 1.82) is 0 Å². The molecule has 1 aromatic heterocycles. The molecule has 78 valence electrons. The van der Waals surface area contributed by atoms with Crippen molar-refractivity contribution in [2.24, 2.45) is 5.14 Å². The van der Waals surface area contributed by atoms with Gasteiger partial charge in [0.2, 0.25) is 10.0 Å². The van der Waals surface area contributed by atoms with Crippen LogP contribution in [-0.4, -0.2) is 26.0 Å². The molecule has 0 saturated heterocycles. The van der Waals surface area contributed by atoms with Crippen LogP contribution in [-0.2, 0) is 14.8 Å². The van der Waals surface area contributed by atoms with Gasteiger partial charge in [0.1, 0.15) is 0 Å². The molecule has 1 heterocycles. The second-order valence-electron chi connectivity index (χ2n) is 2.25. The highest BCUT2D eigenvalue weighted by Crippen LogP contribution is 2.18. The largest absolute Gasteiger partial charge is 0.461 e. The van der Waals surface area contributed by atoms with E-state index in [4.69, 9.17) is 5.14 Å². The van der Waals surface area contributed by atoms with Crippen LogP contribution in [0.2, 0.25) is 0 Å². The zero-order valence-electron chi connectivity index (χ0n) is 7.26. The summed E-state index contributed by atoms with van der Waals surface area (Å²) in [5, 5.41) is 4.87. The summed E-state index contributed by atoms with van der Waals surface area (Å²) in [7, 11) is -3.90. The Kier molecular flexibility index (Phi) is 3.19. The molecule has 1 aromatic rings. The molecule has 0 aliphatic rings. The van der Waals surface area contributed by atoms with Crippen LogP contribution in [0.1, 0.15) is 17.4 Å². The fourth-order valence-electron chi connectivity index (χ4n) is 0.773. The predicted molar refractivity (Wildman–Crippen MR) is 49.4 cm³/mol. The molecular formula is C6H8N2O4S2. The fraction of sp³-hybridized carbons (Fsp3) is 0.333. The number of rotatable bonds is 3. The molecule has 0 spiro atoms. The predicted octanol–water partition coefficient (Wildman–Crippen LogP) is -0.0328. The highest BCUT2D eigenvalue weighted by molar-refractivity contribution is 7.91. The summed E-state index contributed by atoms with van der Waals surface area (Å²) < 4.78 is 26.3. The maximum absolute atomic E-state index is 11.2. The van der Waals surface area contributed by atoms with E-state index in [1.54, 1.807) is 6.92 Å². The minimum absolute atomic E-state index is 0.153. The molecule has 0 amide bonds. The molecule has 0 aromatic carbocycles. The summed E-state index contributed by atoms with van der Waals surface area (Å²) in [6, 6.07) is 0. The average molecular weight is 236 g/mol. The van der Waals surface area contributed by atoms with E-state index in [0.29, 0.717) is 0 Å². The summed E-state index contributed by atoms with van der Waals surface area (Å²) in [6.45, 7) is 1.77. The van der Waals surface area contributed by atoms with E-state index in [0.717, 1.165) is 11.3 Å². The molecule has 0 saturated carbocycles. The summed E-state index contributed by atoms with van der Waals surface area (Å²) in [5.74, 6) is -0.780. The summed E-state index contributed by atoms with van der Waals surface area (Å²) in [6.07, 6.45) is 0. The highest BCUT2D eigenvalue weighted by atomic mass is 32.2. The van der Waals surface area contributed by atoms with E-state index in [2.05, 4.69) is 9.72 Å². The third-order valence-electron chi connectivity index (χ3n) is 1.26. The first-order chi connectivity index (χ1) is 6.46. The smallest absolute Gasteiger partial charge is 0.359 e. The molecule has 2 N–H and O–H groups in total. The van der Waals surface area contributed by atoms with Crippen LogP contribution >= 0.6 is 11.3 Å². The van der Waals surface area contributed by atoms with Crippen LogP contribution in [0.15, 0.2) is 9.72 Å². The van der Waals surface area contributed by atoms with E-state index in [-0.39, 0.29) is 16.5 Å². The zero-order chi connectivity index (χ0) is 10.8. The van der Waals surface area contributed by atoms with Gasteiger partial charge in [-0.25, -0.2) is 23.3 Å². The van der Waals surface area contributed by atoms with E-state index >= 15 is 0 Å². The van der Waals surface area contributed by atoms with Crippen molar-refractivity contribution in [2.75, 3.05) is 6.61 Å². The molecule has 0 aliphatic carbocycles. The number of thiazole rings is 1. The molecular weight excluding hydrogens is 228 g/mol. The minimum atomic E-state index is -3.90. The molecule has 6 nitrogen and oxygen atoms in total.